The van der Waals surface area contributed by atoms with E-state index in [0.717, 1.165) is 0 Å². The molecule has 0 spiro atoms. The molecule has 0 amide bonds. The third-order valence-corrected chi connectivity index (χ3v) is 2.32. The van der Waals surface area contributed by atoms with Gasteiger partial charge in [-0.2, -0.15) is 0 Å². The standard InChI is InChI=1S/C11H8F3N/c1-5-3-7-8(12)6(2)9(13)10(14)11(7)15-4-5/h3-4H,1-2H3. The van der Waals surface area contributed by atoms with Crippen LogP contribution in [0.1, 0.15) is 11.1 Å². The molecule has 0 radical (unpaired) electrons. The molecule has 0 N–H and O–H groups in total. The van der Waals surface area contributed by atoms with Crippen LogP contribution in [0.5, 0.6) is 0 Å². The van der Waals surface area contributed by atoms with Gasteiger partial charge in [0.15, 0.2) is 11.6 Å². The van der Waals surface area contributed by atoms with Crippen molar-refractivity contribution in [2.75, 3.05) is 0 Å². The Morgan fingerprint density at radius 3 is 2.33 bits per heavy atom. The van der Waals surface area contributed by atoms with E-state index in [4.69, 9.17) is 0 Å². The normalized spacial score (nSPS) is 11.0. The van der Waals surface area contributed by atoms with Gasteiger partial charge in [-0.1, -0.05) is 0 Å². The lowest BCUT2D eigenvalue weighted by atomic mass is 10.1. The summed E-state index contributed by atoms with van der Waals surface area (Å²) in [5.74, 6) is -3.01. The maximum absolute atomic E-state index is 13.6. The van der Waals surface area contributed by atoms with Gasteiger partial charge in [0.05, 0.1) is 0 Å². The Morgan fingerprint density at radius 1 is 1.00 bits per heavy atom. The molecule has 0 aliphatic rings. The number of nitrogens with zero attached hydrogens (tertiary/aromatic N) is 1. The maximum atomic E-state index is 13.6. The SMILES string of the molecule is Cc1cnc2c(F)c(F)c(C)c(F)c2c1. The minimum atomic E-state index is -1.17. The van der Waals surface area contributed by atoms with Crippen molar-refractivity contribution in [1.29, 1.82) is 0 Å². The van der Waals surface area contributed by atoms with Gasteiger partial charge in [-0.25, -0.2) is 13.2 Å². The summed E-state index contributed by atoms with van der Waals surface area (Å²) in [7, 11) is 0. The van der Waals surface area contributed by atoms with Crippen LogP contribution in [-0.4, -0.2) is 4.98 Å². The highest BCUT2D eigenvalue weighted by molar-refractivity contribution is 5.81. The first-order valence-corrected chi connectivity index (χ1v) is 4.41. The molecule has 15 heavy (non-hydrogen) atoms. The second kappa shape index (κ2) is 3.22. The number of halogens is 3. The monoisotopic (exact) mass is 211 g/mol. The highest BCUT2D eigenvalue weighted by Crippen LogP contribution is 2.26. The lowest BCUT2D eigenvalue weighted by Gasteiger charge is -2.06. The van der Waals surface area contributed by atoms with Gasteiger partial charge in [0.1, 0.15) is 11.3 Å². The molecular formula is C11H8F3N. The van der Waals surface area contributed by atoms with E-state index in [-0.39, 0.29) is 16.5 Å². The Kier molecular flexibility index (Phi) is 2.14. The van der Waals surface area contributed by atoms with Gasteiger partial charge in [-0.15, -0.1) is 0 Å². The van der Waals surface area contributed by atoms with E-state index in [9.17, 15) is 13.2 Å². The van der Waals surface area contributed by atoms with Gasteiger partial charge < -0.3 is 0 Å². The summed E-state index contributed by atoms with van der Waals surface area (Å²) in [5.41, 5.74) is 0.125. The van der Waals surface area contributed by atoms with E-state index in [1.807, 2.05) is 0 Å². The van der Waals surface area contributed by atoms with Crippen LogP contribution < -0.4 is 0 Å². The minimum absolute atomic E-state index is 0.0198. The number of aromatic nitrogens is 1. The smallest absolute Gasteiger partial charge is 0.185 e. The number of fused-ring (bicyclic) bond motifs is 1. The van der Waals surface area contributed by atoms with Crippen LogP contribution in [0.4, 0.5) is 13.2 Å². The molecule has 78 valence electrons. The predicted molar refractivity (Wildman–Crippen MR) is 51.1 cm³/mol. The van der Waals surface area contributed by atoms with Crippen LogP contribution in [0.2, 0.25) is 0 Å². The summed E-state index contributed by atoms with van der Waals surface area (Å²) in [6.45, 7) is 2.91. The third kappa shape index (κ3) is 1.37. The van der Waals surface area contributed by atoms with Crippen LogP contribution in [-0.2, 0) is 0 Å². The highest BCUT2D eigenvalue weighted by Gasteiger charge is 2.17. The first-order chi connectivity index (χ1) is 7.02. The van der Waals surface area contributed by atoms with Crippen molar-refractivity contribution in [1.82, 2.24) is 4.98 Å². The fourth-order valence-electron chi connectivity index (χ4n) is 1.48. The van der Waals surface area contributed by atoms with Crippen LogP contribution in [0.3, 0.4) is 0 Å². The second-order valence-corrected chi connectivity index (χ2v) is 3.48. The largest absolute Gasteiger partial charge is 0.253 e. The second-order valence-electron chi connectivity index (χ2n) is 3.48. The summed E-state index contributed by atoms with van der Waals surface area (Å²) in [6, 6.07) is 1.45. The predicted octanol–water partition coefficient (Wildman–Crippen LogP) is 3.27. The van der Waals surface area contributed by atoms with E-state index in [1.54, 1.807) is 6.92 Å². The van der Waals surface area contributed by atoms with Crippen molar-refractivity contribution in [2.45, 2.75) is 13.8 Å². The van der Waals surface area contributed by atoms with Crippen molar-refractivity contribution in [3.8, 4) is 0 Å². The zero-order valence-corrected chi connectivity index (χ0v) is 8.24. The number of pyridine rings is 1. The molecule has 0 atom stereocenters. The van der Waals surface area contributed by atoms with E-state index in [2.05, 4.69) is 4.98 Å². The van der Waals surface area contributed by atoms with Crippen molar-refractivity contribution >= 4 is 10.9 Å². The van der Waals surface area contributed by atoms with E-state index in [0.29, 0.717) is 5.56 Å². The minimum Gasteiger partial charge on any atom is -0.253 e. The molecule has 1 heterocycles. The van der Waals surface area contributed by atoms with Crippen LogP contribution in [0, 0.1) is 31.3 Å². The van der Waals surface area contributed by atoms with Crippen molar-refractivity contribution < 1.29 is 13.2 Å². The number of benzene rings is 1. The molecule has 2 aromatic rings. The number of rotatable bonds is 0. The Hall–Kier alpha value is -1.58. The fraction of sp³-hybridized carbons (Fsp3) is 0.182. The zero-order valence-electron chi connectivity index (χ0n) is 8.24. The average Bonchev–Trinajstić information content (AvgIpc) is 2.23. The lowest BCUT2D eigenvalue weighted by Crippen LogP contribution is -1.98. The molecule has 0 aliphatic heterocycles. The lowest BCUT2D eigenvalue weighted by molar-refractivity contribution is 0.495. The quantitative estimate of drug-likeness (QED) is 0.609. The Labute approximate surface area is 84.6 Å². The molecule has 4 heteroatoms. The van der Waals surface area contributed by atoms with Gasteiger partial charge in [-0.05, 0) is 25.5 Å². The molecule has 1 nitrogen and oxygen atoms in total. The van der Waals surface area contributed by atoms with Crippen LogP contribution >= 0.6 is 0 Å². The Morgan fingerprint density at radius 2 is 1.67 bits per heavy atom. The van der Waals surface area contributed by atoms with Gasteiger partial charge in [-0.3, -0.25) is 4.98 Å². The summed E-state index contributed by atoms with van der Waals surface area (Å²) in [5, 5.41) is 0.0198. The Bertz CT molecular complexity index is 549. The first-order valence-electron chi connectivity index (χ1n) is 4.41. The van der Waals surface area contributed by atoms with Crippen molar-refractivity contribution in [3.63, 3.8) is 0 Å². The van der Waals surface area contributed by atoms with Crippen molar-refractivity contribution in [3.05, 3.63) is 40.8 Å². The number of hydrogen-bond donors (Lipinski definition) is 0. The summed E-state index contributed by atoms with van der Waals surface area (Å²) < 4.78 is 40.1. The zero-order chi connectivity index (χ0) is 11.2. The molecule has 2 rings (SSSR count). The van der Waals surface area contributed by atoms with Gasteiger partial charge in [0.25, 0.3) is 0 Å². The topological polar surface area (TPSA) is 12.9 Å². The van der Waals surface area contributed by atoms with Crippen LogP contribution in [0.25, 0.3) is 10.9 Å². The summed E-state index contributed by atoms with van der Waals surface area (Å²) in [4.78, 5) is 3.69. The van der Waals surface area contributed by atoms with Gasteiger partial charge >= 0.3 is 0 Å². The molecular weight excluding hydrogens is 203 g/mol. The van der Waals surface area contributed by atoms with E-state index >= 15 is 0 Å². The molecule has 0 fully saturated rings. The molecule has 1 aromatic carbocycles. The van der Waals surface area contributed by atoms with E-state index in [1.165, 1.54) is 19.2 Å². The number of hydrogen-bond acceptors (Lipinski definition) is 1. The highest BCUT2D eigenvalue weighted by atomic mass is 19.2. The molecule has 0 saturated carbocycles. The number of aryl methyl sites for hydroxylation is 1. The third-order valence-electron chi connectivity index (χ3n) is 2.32. The summed E-state index contributed by atoms with van der Waals surface area (Å²) in [6.07, 6.45) is 1.37. The van der Waals surface area contributed by atoms with Crippen LogP contribution in [0.15, 0.2) is 12.3 Å². The average molecular weight is 211 g/mol. The van der Waals surface area contributed by atoms with E-state index < -0.39 is 17.5 Å². The van der Waals surface area contributed by atoms with Crippen molar-refractivity contribution in [2.24, 2.45) is 0 Å². The molecule has 0 saturated heterocycles. The molecule has 0 bridgehead atoms. The molecule has 0 unspecified atom stereocenters. The Balaban J connectivity index is 3.00. The van der Waals surface area contributed by atoms with Gasteiger partial charge in [0, 0.05) is 17.1 Å². The maximum Gasteiger partial charge on any atom is 0.185 e. The molecule has 1 aromatic heterocycles. The first kappa shape index (κ1) is 9.96. The fourth-order valence-corrected chi connectivity index (χ4v) is 1.48. The summed E-state index contributed by atoms with van der Waals surface area (Å²) >= 11 is 0. The van der Waals surface area contributed by atoms with Gasteiger partial charge in [0.2, 0.25) is 0 Å². The molecule has 0 aliphatic carbocycles.